The molecule has 0 saturated heterocycles. The molecule has 0 radical (unpaired) electrons. The van der Waals surface area contributed by atoms with Crippen LogP contribution in [0, 0.1) is 0 Å². The van der Waals surface area contributed by atoms with E-state index in [4.69, 9.17) is 13.8 Å². The van der Waals surface area contributed by atoms with Crippen molar-refractivity contribution in [3.63, 3.8) is 0 Å². The zero-order valence-corrected chi connectivity index (χ0v) is 9.67. The second-order valence-electron chi connectivity index (χ2n) is 2.72. The fraction of sp³-hybridized carbons (Fsp3) is 0.625. The Kier molecular flexibility index (Phi) is 4.52. The fourth-order valence-corrected chi connectivity index (χ4v) is 2.28. The molecule has 14 heavy (non-hydrogen) atoms. The Morgan fingerprint density at radius 3 is 2.07 bits per heavy atom. The number of rotatable bonds is 5. The van der Waals surface area contributed by atoms with E-state index in [9.17, 15) is 9.36 Å². The van der Waals surface area contributed by atoms with Gasteiger partial charge in [-0.25, -0.2) is 0 Å². The molecule has 0 aromatic rings. The standard InChI is InChI=1S/C8H15O5P/c1-6-8(3,13-7(2)9)14(10,11-4)12-5/h6H,1H2,2-5H3. The molecule has 0 aliphatic rings. The van der Waals surface area contributed by atoms with Crippen LogP contribution in [0.3, 0.4) is 0 Å². The highest BCUT2D eigenvalue weighted by Crippen LogP contribution is 2.59. The molecular formula is C8H15O5P. The zero-order chi connectivity index (χ0) is 11.4. The first-order valence-corrected chi connectivity index (χ1v) is 5.44. The lowest BCUT2D eigenvalue weighted by molar-refractivity contribution is -0.146. The second-order valence-corrected chi connectivity index (χ2v) is 5.33. The molecule has 0 heterocycles. The largest absolute Gasteiger partial charge is 0.442 e. The Labute approximate surface area is 83.6 Å². The summed E-state index contributed by atoms with van der Waals surface area (Å²) in [6, 6.07) is 0. The number of carbonyl (C=O) groups is 1. The number of hydrogen-bond acceptors (Lipinski definition) is 5. The molecule has 82 valence electrons. The molecule has 0 fully saturated rings. The monoisotopic (exact) mass is 222 g/mol. The van der Waals surface area contributed by atoms with Gasteiger partial charge in [0.25, 0.3) is 0 Å². The lowest BCUT2D eigenvalue weighted by atomic mass is 10.4. The van der Waals surface area contributed by atoms with Crippen molar-refractivity contribution in [3.8, 4) is 0 Å². The summed E-state index contributed by atoms with van der Waals surface area (Å²) in [5.41, 5.74) is 0. The van der Waals surface area contributed by atoms with Crippen LogP contribution >= 0.6 is 7.60 Å². The molecule has 0 N–H and O–H groups in total. The summed E-state index contributed by atoms with van der Waals surface area (Å²) < 4.78 is 26.3. The van der Waals surface area contributed by atoms with Crippen LogP contribution < -0.4 is 0 Å². The molecule has 0 amide bonds. The summed E-state index contributed by atoms with van der Waals surface area (Å²) in [7, 11) is -1.08. The Hall–Kier alpha value is -0.640. The van der Waals surface area contributed by atoms with E-state index in [1.165, 1.54) is 34.1 Å². The molecule has 0 bridgehead atoms. The van der Waals surface area contributed by atoms with Crippen LogP contribution in [0.5, 0.6) is 0 Å². The predicted octanol–water partition coefficient (Wildman–Crippen LogP) is 1.94. The number of ether oxygens (including phenoxy) is 1. The second kappa shape index (κ2) is 4.73. The van der Waals surface area contributed by atoms with Crippen molar-refractivity contribution in [1.82, 2.24) is 0 Å². The minimum absolute atomic E-state index is 0.582. The van der Waals surface area contributed by atoms with Crippen LogP contribution in [0.1, 0.15) is 13.8 Å². The topological polar surface area (TPSA) is 61.8 Å². The van der Waals surface area contributed by atoms with Gasteiger partial charge in [-0.2, -0.15) is 0 Å². The van der Waals surface area contributed by atoms with E-state index in [0.717, 1.165) is 0 Å². The third kappa shape index (κ3) is 2.44. The summed E-state index contributed by atoms with van der Waals surface area (Å²) in [5, 5.41) is -1.46. The van der Waals surface area contributed by atoms with Gasteiger partial charge in [0.15, 0.2) is 0 Å². The summed E-state index contributed by atoms with van der Waals surface area (Å²) in [6.45, 7) is 6.06. The molecule has 5 nitrogen and oxygen atoms in total. The Morgan fingerprint density at radius 2 is 1.86 bits per heavy atom. The molecule has 1 atom stereocenters. The van der Waals surface area contributed by atoms with E-state index in [1.54, 1.807) is 0 Å². The predicted molar refractivity (Wildman–Crippen MR) is 52.0 cm³/mol. The van der Waals surface area contributed by atoms with Crippen LogP contribution in [0.4, 0.5) is 0 Å². The molecule has 6 heteroatoms. The fourth-order valence-electron chi connectivity index (χ4n) is 0.937. The maximum atomic E-state index is 11.9. The average Bonchev–Trinajstić information content (AvgIpc) is 2.15. The van der Waals surface area contributed by atoms with Crippen molar-refractivity contribution < 1.29 is 23.1 Å². The quantitative estimate of drug-likeness (QED) is 0.404. The Morgan fingerprint density at radius 1 is 1.43 bits per heavy atom. The lowest BCUT2D eigenvalue weighted by Crippen LogP contribution is -2.29. The van der Waals surface area contributed by atoms with Gasteiger partial charge in [0, 0.05) is 21.1 Å². The molecular weight excluding hydrogens is 207 g/mol. The highest BCUT2D eigenvalue weighted by atomic mass is 31.2. The molecule has 0 aromatic heterocycles. The van der Waals surface area contributed by atoms with E-state index in [2.05, 4.69) is 6.58 Å². The molecule has 0 rings (SSSR count). The average molecular weight is 222 g/mol. The van der Waals surface area contributed by atoms with Crippen LogP contribution in [0.15, 0.2) is 12.7 Å². The van der Waals surface area contributed by atoms with Gasteiger partial charge in [0.2, 0.25) is 5.34 Å². The highest BCUT2D eigenvalue weighted by Gasteiger charge is 2.47. The van der Waals surface area contributed by atoms with Gasteiger partial charge in [-0.3, -0.25) is 9.36 Å². The van der Waals surface area contributed by atoms with Crippen molar-refractivity contribution in [2.45, 2.75) is 19.2 Å². The molecule has 0 aliphatic heterocycles. The summed E-state index contributed by atoms with van der Waals surface area (Å²) in [5.74, 6) is -0.582. The van der Waals surface area contributed by atoms with Crippen LogP contribution in [0.2, 0.25) is 0 Å². The highest BCUT2D eigenvalue weighted by molar-refractivity contribution is 7.55. The van der Waals surface area contributed by atoms with E-state index in [0.29, 0.717) is 0 Å². The minimum Gasteiger partial charge on any atom is -0.442 e. The number of hydrogen-bond donors (Lipinski definition) is 0. The van der Waals surface area contributed by atoms with Gasteiger partial charge in [0.05, 0.1) is 0 Å². The summed E-state index contributed by atoms with van der Waals surface area (Å²) in [4.78, 5) is 10.8. The lowest BCUT2D eigenvalue weighted by Gasteiger charge is -2.30. The smallest absolute Gasteiger partial charge is 0.377 e. The molecule has 0 aliphatic carbocycles. The Bertz CT molecular complexity index is 267. The van der Waals surface area contributed by atoms with Crippen LogP contribution in [0.25, 0.3) is 0 Å². The van der Waals surface area contributed by atoms with Crippen molar-refractivity contribution in [2.75, 3.05) is 14.2 Å². The van der Waals surface area contributed by atoms with Crippen molar-refractivity contribution in [3.05, 3.63) is 12.7 Å². The zero-order valence-electron chi connectivity index (χ0n) is 8.77. The van der Waals surface area contributed by atoms with Gasteiger partial charge < -0.3 is 13.8 Å². The van der Waals surface area contributed by atoms with Crippen molar-refractivity contribution in [1.29, 1.82) is 0 Å². The maximum absolute atomic E-state index is 11.9. The van der Waals surface area contributed by atoms with E-state index in [-0.39, 0.29) is 0 Å². The normalized spacial score (nSPS) is 15.7. The summed E-state index contributed by atoms with van der Waals surface area (Å²) >= 11 is 0. The molecule has 0 saturated carbocycles. The van der Waals surface area contributed by atoms with Gasteiger partial charge in [-0.05, 0) is 13.0 Å². The summed E-state index contributed by atoms with van der Waals surface area (Å²) in [6.07, 6.45) is 1.22. The minimum atomic E-state index is -3.52. The molecule has 0 aromatic carbocycles. The van der Waals surface area contributed by atoms with E-state index >= 15 is 0 Å². The first-order valence-electron chi connectivity index (χ1n) is 3.90. The third-order valence-corrected chi connectivity index (χ3v) is 4.08. The van der Waals surface area contributed by atoms with Gasteiger partial charge in [-0.1, -0.05) is 6.58 Å². The number of carbonyl (C=O) groups excluding carboxylic acids is 1. The Balaban J connectivity index is 5.10. The SMILES string of the molecule is C=CC(C)(OC(C)=O)P(=O)(OC)OC. The first kappa shape index (κ1) is 13.4. The van der Waals surface area contributed by atoms with Gasteiger partial charge in [0.1, 0.15) is 0 Å². The van der Waals surface area contributed by atoms with Crippen molar-refractivity contribution >= 4 is 13.6 Å². The van der Waals surface area contributed by atoms with Crippen LogP contribution in [-0.4, -0.2) is 25.5 Å². The number of esters is 1. The molecule has 0 spiro atoms. The molecule has 1 unspecified atom stereocenters. The van der Waals surface area contributed by atoms with Crippen molar-refractivity contribution in [2.24, 2.45) is 0 Å². The first-order chi connectivity index (χ1) is 6.35. The van der Waals surface area contributed by atoms with Crippen LogP contribution in [-0.2, 0) is 23.1 Å². The maximum Gasteiger partial charge on any atom is 0.377 e. The third-order valence-electron chi connectivity index (χ3n) is 1.75. The van der Waals surface area contributed by atoms with E-state index < -0.39 is 18.9 Å². The van der Waals surface area contributed by atoms with E-state index in [1.807, 2.05) is 0 Å². The van der Waals surface area contributed by atoms with Gasteiger partial charge in [-0.15, -0.1) is 0 Å². The van der Waals surface area contributed by atoms with Gasteiger partial charge >= 0.3 is 13.6 Å².